The molecular formula is C13H8F3N3O2. The van der Waals surface area contributed by atoms with Crippen molar-refractivity contribution in [2.45, 2.75) is 6.36 Å². The van der Waals surface area contributed by atoms with E-state index in [2.05, 4.69) is 14.7 Å². The minimum absolute atomic E-state index is 0.406. The van der Waals surface area contributed by atoms with Gasteiger partial charge in [0, 0.05) is 18.0 Å². The number of rotatable bonds is 2. The zero-order valence-electron chi connectivity index (χ0n) is 10.4. The molecule has 0 spiro atoms. The van der Waals surface area contributed by atoms with E-state index in [1.165, 1.54) is 18.5 Å². The van der Waals surface area contributed by atoms with Crippen molar-refractivity contribution in [2.75, 3.05) is 0 Å². The van der Waals surface area contributed by atoms with E-state index in [1.54, 1.807) is 16.8 Å². The molecule has 0 saturated heterocycles. The minimum Gasteiger partial charge on any atom is -0.504 e. The number of phenols is 1. The van der Waals surface area contributed by atoms with Gasteiger partial charge < -0.3 is 9.84 Å². The number of alkyl halides is 3. The number of aromatic nitrogens is 3. The molecule has 0 saturated carbocycles. The van der Waals surface area contributed by atoms with Crippen molar-refractivity contribution in [2.24, 2.45) is 0 Å². The van der Waals surface area contributed by atoms with Gasteiger partial charge in [-0.1, -0.05) is 0 Å². The summed E-state index contributed by atoms with van der Waals surface area (Å²) in [6.07, 6.45) is 1.34. The van der Waals surface area contributed by atoms with Gasteiger partial charge in [0.2, 0.25) is 0 Å². The summed E-state index contributed by atoms with van der Waals surface area (Å²) in [6.45, 7) is 0. The molecule has 2 heterocycles. The van der Waals surface area contributed by atoms with Gasteiger partial charge in [-0.15, -0.1) is 13.2 Å². The molecule has 1 N–H and O–H groups in total. The molecule has 0 fully saturated rings. The van der Waals surface area contributed by atoms with Gasteiger partial charge in [-0.05, 0) is 18.2 Å². The van der Waals surface area contributed by atoms with Gasteiger partial charge in [-0.3, -0.25) is 9.38 Å². The van der Waals surface area contributed by atoms with E-state index >= 15 is 0 Å². The zero-order valence-corrected chi connectivity index (χ0v) is 10.4. The summed E-state index contributed by atoms with van der Waals surface area (Å²) >= 11 is 0. The lowest BCUT2D eigenvalue weighted by Gasteiger charge is -2.12. The molecule has 3 rings (SSSR count). The Labute approximate surface area is 116 Å². The lowest BCUT2D eigenvalue weighted by Crippen LogP contribution is -2.17. The number of nitrogens with zero attached hydrogens (tertiary/aromatic N) is 3. The second-order valence-electron chi connectivity index (χ2n) is 4.18. The van der Waals surface area contributed by atoms with Gasteiger partial charge in [0.15, 0.2) is 17.1 Å². The number of hydrogen-bond acceptors (Lipinski definition) is 4. The fourth-order valence-corrected chi connectivity index (χ4v) is 1.94. The summed E-state index contributed by atoms with van der Waals surface area (Å²) < 4.78 is 42.4. The lowest BCUT2D eigenvalue weighted by atomic mass is 10.1. The van der Waals surface area contributed by atoms with E-state index in [9.17, 15) is 18.3 Å². The second-order valence-corrected chi connectivity index (χ2v) is 4.18. The molecule has 0 radical (unpaired) electrons. The molecular weight excluding hydrogens is 287 g/mol. The fraction of sp³-hybridized carbons (Fsp3) is 0.0769. The number of aromatic hydroxyl groups is 1. The van der Waals surface area contributed by atoms with Gasteiger partial charge in [0.05, 0.1) is 18.1 Å². The van der Waals surface area contributed by atoms with Gasteiger partial charge in [-0.2, -0.15) is 0 Å². The monoisotopic (exact) mass is 295 g/mol. The van der Waals surface area contributed by atoms with E-state index in [0.717, 1.165) is 12.1 Å². The highest BCUT2D eigenvalue weighted by molar-refractivity contribution is 5.65. The Balaban J connectivity index is 2.11. The first-order valence-electron chi connectivity index (χ1n) is 5.80. The van der Waals surface area contributed by atoms with E-state index < -0.39 is 17.9 Å². The molecule has 0 aliphatic carbocycles. The molecule has 0 aliphatic rings. The highest BCUT2D eigenvalue weighted by Crippen LogP contribution is 2.35. The Morgan fingerprint density at radius 2 is 2.00 bits per heavy atom. The molecule has 5 nitrogen and oxygen atoms in total. The van der Waals surface area contributed by atoms with Crippen LogP contribution in [0.25, 0.3) is 16.9 Å². The summed E-state index contributed by atoms with van der Waals surface area (Å²) in [5.41, 5.74) is 1.49. The normalized spacial score (nSPS) is 11.8. The smallest absolute Gasteiger partial charge is 0.504 e. The van der Waals surface area contributed by atoms with E-state index in [4.69, 9.17) is 0 Å². The number of ether oxygens (including phenoxy) is 1. The van der Waals surface area contributed by atoms with E-state index in [0.29, 0.717) is 16.9 Å². The lowest BCUT2D eigenvalue weighted by molar-refractivity contribution is -0.275. The van der Waals surface area contributed by atoms with Crippen molar-refractivity contribution < 1.29 is 23.0 Å². The van der Waals surface area contributed by atoms with Crippen molar-refractivity contribution in [3.63, 3.8) is 0 Å². The number of fused-ring (bicyclic) bond motifs is 1. The predicted octanol–water partition coefficient (Wildman–Crippen LogP) is 3.00. The molecule has 21 heavy (non-hydrogen) atoms. The molecule has 108 valence electrons. The highest BCUT2D eigenvalue weighted by atomic mass is 19.4. The Morgan fingerprint density at radius 3 is 2.76 bits per heavy atom. The van der Waals surface area contributed by atoms with Crippen LogP contribution < -0.4 is 4.74 Å². The van der Waals surface area contributed by atoms with Crippen molar-refractivity contribution in [1.82, 2.24) is 14.4 Å². The number of hydrogen-bond donors (Lipinski definition) is 1. The van der Waals surface area contributed by atoms with Crippen LogP contribution in [0.15, 0.2) is 43.0 Å². The Morgan fingerprint density at radius 1 is 1.19 bits per heavy atom. The van der Waals surface area contributed by atoms with Gasteiger partial charge in [0.25, 0.3) is 0 Å². The van der Waals surface area contributed by atoms with Crippen LogP contribution in [0.2, 0.25) is 0 Å². The molecule has 0 unspecified atom stereocenters. The highest BCUT2D eigenvalue weighted by Gasteiger charge is 2.32. The third-order valence-corrected chi connectivity index (χ3v) is 2.80. The van der Waals surface area contributed by atoms with Gasteiger partial charge >= 0.3 is 6.36 Å². The third-order valence-electron chi connectivity index (χ3n) is 2.80. The Hall–Kier alpha value is -2.77. The first-order valence-corrected chi connectivity index (χ1v) is 5.80. The number of phenolic OH excluding ortho intramolecular Hbond substituents is 1. The maximum atomic E-state index is 12.3. The van der Waals surface area contributed by atoms with Crippen LogP contribution in [0.1, 0.15) is 0 Å². The van der Waals surface area contributed by atoms with E-state index in [-0.39, 0.29) is 0 Å². The van der Waals surface area contributed by atoms with Crippen molar-refractivity contribution >= 4 is 5.65 Å². The SMILES string of the molecule is Oc1ccc(-c2cncc3nccn23)cc1OC(F)(F)F. The predicted molar refractivity (Wildman–Crippen MR) is 66.8 cm³/mol. The molecule has 0 amide bonds. The number of imidazole rings is 1. The molecule has 8 heteroatoms. The minimum atomic E-state index is -4.88. The third kappa shape index (κ3) is 2.60. The summed E-state index contributed by atoms with van der Waals surface area (Å²) in [5, 5.41) is 9.46. The van der Waals surface area contributed by atoms with E-state index in [1.807, 2.05) is 0 Å². The molecule has 0 atom stereocenters. The molecule has 2 aromatic heterocycles. The number of halogens is 3. The molecule has 1 aromatic carbocycles. The maximum absolute atomic E-state index is 12.3. The summed E-state index contributed by atoms with van der Waals surface area (Å²) in [7, 11) is 0. The van der Waals surface area contributed by atoms with Crippen LogP contribution in [-0.4, -0.2) is 25.8 Å². The largest absolute Gasteiger partial charge is 0.573 e. The summed E-state index contributed by atoms with van der Waals surface area (Å²) in [5.74, 6) is -1.26. The Bertz CT molecular complexity index is 799. The fourth-order valence-electron chi connectivity index (χ4n) is 1.94. The van der Waals surface area contributed by atoms with Crippen LogP contribution in [-0.2, 0) is 0 Å². The quantitative estimate of drug-likeness (QED) is 0.789. The second kappa shape index (κ2) is 4.65. The molecule has 3 aromatic rings. The topological polar surface area (TPSA) is 59.7 Å². The van der Waals surface area contributed by atoms with Crippen LogP contribution in [0.5, 0.6) is 11.5 Å². The average molecular weight is 295 g/mol. The maximum Gasteiger partial charge on any atom is 0.573 e. The van der Waals surface area contributed by atoms with Crippen molar-refractivity contribution in [3.05, 3.63) is 43.0 Å². The molecule has 0 bridgehead atoms. The van der Waals surface area contributed by atoms with Crippen LogP contribution >= 0.6 is 0 Å². The van der Waals surface area contributed by atoms with Crippen LogP contribution in [0.4, 0.5) is 13.2 Å². The van der Waals surface area contributed by atoms with Crippen LogP contribution in [0.3, 0.4) is 0 Å². The zero-order chi connectivity index (χ0) is 15.0. The summed E-state index contributed by atoms with van der Waals surface area (Å²) in [4.78, 5) is 8.02. The molecule has 0 aliphatic heterocycles. The summed E-state index contributed by atoms with van der Waals surface area (Å²) in [6, 6.07) is 3.69. The first kappa shape index (κ1) is 13.2. The van der Waals surface area contributed by atoms with Crippen LogP contribution in [0, 0.1) is 0 Å². The van der Waals surface area contributed by atoms with Gasteiger partial charge in [0.1, 0.15) is 0 Å². The van der Waals surface area contributed by atoms with Crippen molar-refractivity contribution in [1.29, 1.82) is 0 Å². The first-order chi connectivity index (χ1) is 9.94. The number of benzene rings is 1. The average Bonchev–Trinajstić information content (AvgIpc) is 2.88. The Kier molecular flexibility index (Phi) is 2.93. The van der Waals surface area contributed by atoms with Crippen molar-refractivity contribution in [3.8, 4) is 22.8 Å². The standard InChI is InChI=1S/C13H8F3N3O2/c14-13(15,16)21-11-5-8(1-2-10(11)20)9-6-17-7-12-18-3-4-19(9)12/h1-7,20H. The van der Waals surface area contributed by atoms with Gasteiger partial charge in [-0.25, -0.2) is 4.98 Å².